The minimum Gasteiger partial charge on any atom is -0.368 e. The van der Waals surface area contributed by atoms with Crippen LogP contribution in [0.1, 0.15) is 17.8 Å². The Balaban J connectivity index is 1.95. The third kappa shape index (κ3) is 2.71. The van der Waals surface area contributed by atoms with Gasteiger partial charge in [-0.3, -0.25) is 0 Å². The molecular weight excluding hydrogens is 242 g/mol. The van der Waals surface area contributed by atoms with Gasteiger partial charge in [-0.15, -0.1) is 11.3 Å². The van der Waals surface area contributed by atoms with Gasteiger partial charge in [-0.05, 0) is 12.1 Å². The highest BCUT2D eigenvalue weighted by molar-refractivity contribution is 7.09. The molecule has 1 unspecified atom stereocenters. The molecule has 16 heavy (non-hydrogen) atoms. The third-order valence-corrected chi connectivity index (χ3v) is 3.52. The number of halogens is 1. The van der Waals surface area contributed by atoms with Crippen LogP contribution in [0.4, 0.5) is 5.82 Å². The molecule has 3 nitrogen and oxygen atoms in total. The van der Waals surface area contributed by atoms with Gasteiger partial charge in [0.1, 0.15) is 5.82 Å². The van der Waals surface area contributed by atoms with E-state index in [1.165, 1.54) is 0 Å². The van der Waals surface area contributed by atoms with E-state index >= 15 is 0 Å². The molecule has 0 radical (unpaired) electrons. The Kier molecular flexibility index (Phi) is 3.74. The predicted molar refractivity (Wildman–Crippen MR) is 68.3 cm³/mol. The smallest absolute Gasteiger partial charge is 0.144 e. The summed E-state index contributed by atoms with van der Waals surface area (Å²) in [6, 6.07) is 3.64. The van der Waals surface area contributed by atoms with Crippen LogP contribution in [0.2, 0.25) is 5.02 Å². The van der Waals surface area contributed by atoms with E-state index in [1.807, 2.05) is 23.7 Å². The molecule has 0 amide bonds. The van der Waals surface area contributed by atoms with Crippen LogP contribution in [0, 0.1) is 0 Å². The molecule has 84 valence electrons. The van der Waals surface area contributed by atoms with Gasteiger partial charge in [-0.2, -0.15) is 0 Å². The predicted octanol–water partition coefficient (Wildman–Crippen LogP) is 3.41. The molecule has 0 fully saturated rings. The van der Waals surface area contributed by atoms with Crippen LogP contribution in [-0.4, -0.2) is 16.5 Å². The molecule has 0 aliphatic heterocycles. The minimum atomic E-state index is 0.359. The summed E-state index contributed by atoms with van der Waals surface area (Å²) >= 11 is 7.66. The topological polar surface area (TPSA) is 37.8 Å². The number of aromatic nitrogens is 2. The van der Waals surface area contributed by atoms with E-state index < -0.39 is 0 Å². The van der Waals surface area contributed by atoms with Crippen LogP contribution in [0.5, 0.6) is 0 Å². The van der Waals surface area contributed by atoms with E-state index in [4.69, 9.17) is 11.6 Å². The zero-order valence-corrected chi connectivity index (χ0v) is 10.4. The quantitative estimate of drug-likeness (QED) is 0.908. The number of hydrogen-bond acceptors (Lipinski definition) is 4. The van der Waals surface area contributed by atoms with E-state index in [1.54, 1.807) is 17.5 Å². The van der Waals surface area contributed by atoms with Gasteiger partial charge in [0.25, 0.3) is 0 Å². The lowest BCUT2D eigenvalue weighted by Gasteiger charge is -2.11. The zero-order valence-electron chi connectivity index (χ0n) is 8.85. The standard InChI is InChI=1S/C11H12ClN3S/c1-8(11-14-5-6-16-11)7-15-10-9(12)3-2-4-13-10/h2-6,8H,7H2,1H3,(H,13,15). The van der Waals surface area contributed by atoms with Crippen LogP contribution in [0.25, 0.3) is 0 Å². The first-order chi connectivity index (χ1) is 7.77. The first-order valence-corrected chi connectivity index (χ1v) is 6.27. The third-order valence-electron chi connectivity index (χ3n) is 2.21. The second-order valence-electron chi connectivity index (χ2n) is 3.49. The average Bonchev–Trinajstić information content (AvgIpc) is 2.81. The highest BCUT2D eigenvalue weighted by atomic mass is 35.5. The first kappa shape index (κ1) is 11.4. The van der Waals surface area contributed by atoms with Crippen molar-refractivity contribution in [1.82, 2.24) is 9.97 Å². The van der Waals surface area contributed by atoms with Crippen molar-refractivity contribution in [3.8, 4) is 0 Å². The maximum absolute atomic E-state index is 5.99. The van der Waals surface area contributed by atoms with Crippen molar-refractivity contribution in [2.24, 2.45) is 0 Å². The van der Waals surface area contributed by atoms with Gasteiger partial charge in [-0.25, -0.2) is 9.97 Å². The Morgan fingerprint density at radius 1 is 1.44 bits per heavy atom. The van der Waals surface area contributed by atoms with Crippen molar-refractivity contribution in [3.05, 3.63) is 39.9 Å². The first-order valence-electron chi connectivity index (χ1n) is 5.01. The van der Waals surface area contributed by atoms with Gasteiger partial charge in [0, 0.05) is 30.2 Å². The Morgan fingerprint density at radius 2 is 2.31 bits per heavy atom. The average molecular weight is 254 g/mol. The maximum Gasteiger partial charge on any atom is 0.144 e. The SMILES string of the molecule is CC(CNc1ncccc1Cl)c1nccs1. The van der Waals surface area contributed by atoms with E-state index in [9.17, 15) is 0 Å². The van der Waals surface area contributed by atoms with Gasteiger partial charge in [0.2, 0.25) is 0 Å². The number of nitrogens with zero attached hydrogens (tertiary/aromatic N) is 2. The Hall–Kier alpha value is -1.13. The van der Waals surface area contributed by atoms with Crippen molar-refractivity contribution < 1.29 is 0 Å². The summed E-state index contributed by atoms with van der Waals surface area (Å²) in [5.41, 5.74) is 0. The molecule has 0 aliphatic rings. The zero-order chi connectivity index (χ0) is 11.4. The summed E-state index contributed by atoms with van der Waals surface area (Å²) in [6.45, 7) is 2.91. The Labute approximate surface area is 104 Å². The Morgan fingerprint density at radius 3 is 3.00 bits per heavy atom. The molecule has 1 N–H and O–H groups in total. The summed E-state index contributed by atoms with van der Waals surface area (Å²) in [7, 11) is 0. The van der Waals surface area contributed by atoms with Gasteiger partial charge in [0.05, 0.1) is 10.0 Å². The van der Waals surface area contributed by atoms with Crippen molar-refractivity contribution >= 4 is 28.8 Å². The molecule has 5 heteroatoms. The van der Waals surface area contributed by atoms with Crippen molar-refractivity contribution in [2.45, 2.75) is 12.8 Å². The van der Waals surface area contributed by atoms with Gasteiger partial charge < -0.3 is 5.32 Å². The highest BCUT2D eigenvalue weighted by Gasteiger charge is 2.08. The molecular formula is C11H12ClN3S. The summed E-state index contributed by atoms with van der Waals surface area (Å²) in [6.07, 6.45) is 3.55. The Bertz CT molecular complexity index is 444. The summed E-state index contributed by atoms with van der Waals surface area (Å²) in [5, 5.41) is 6.98. The maximum atomic E-state index is 5.99. The number of anilines is 1. The molecule has 2 aromatic heterocycles. The molecule has 2 aromatic rings. The lowest BCUT2D eigenvalue weighted by Crippen LogP contribution is -2.10. The number of pyridine rings is 1. The molecule has 1 atom stereocenters. The van der Waals surface area contributed by atoms with E-state index in [0.29, 0.717) is 10.9 Å². The summed E-state index contributed by atoms with van der Waals surface area (Å²) in [4.78, 5) is 8.45. The monoisotopic (exact) mass is 253 g/mol. The van der Waals surface area contributed by atoms with E-state index in [2.05, 4.69) is 22.2 Å². The molecule has 0 saturated heterocycles. The van der Waals surface area contributed by atoms with E-state index in [0.717, 1.165) is 17.4 Å². The summed E-state index contributed by atoms with van der Waals surface area (Å²) < 4.78 is 0. The van der Waals surface area contributed by atoms with Crippen LogP contribution in [0.3, 0.4) is 0 Å². The largest absolute Gasteiger partial charge is 0.368 e. The molecule has 0 saturated carbocycles. The fourth-order valence-corrected chi connectivity index (χ4v) is 2.22. The van der Waals surface area contributed by atoms with Gasteiger partial charge in [0.15, 0.2) is 0 Å². The summed E-state index contributed by atoms with van der Waals surface area (Å²) in [5.74, 6) is 1.09. The van der Waals surface area contributed by atoms with Crippen molar-refractivity contribution in [1.29, 1.82) is 0 Å². The fourth-order valence-electron chi connectivity index (χ4n) is 1.33. The molecule has 2 heterocycles. The second kappa shape index (κ2) is 5.27. The van der Waals surface area contributed by atoms with Crippen LogP contribution in [-0.2, 0) is 0 Å². The van der Waals surface area contributed by atoms with Crippen LogP contribution in [0.15, 0.2) is 29.9 Å². The van der Waals surface area contributed by atoms with Gasteiger partial charge in [-0.1, -0.05) is 18.5 Å². The minimum absolute atomic E-state index is 0.359. The highest BCUT2D eigenvalue weighted by Crippen LogP contribution is 2.21. The number of nitrogens with one attached hydrogen (secondary N) is 1. The van der Waals surface area contributed by atoms with Gasteiger partial charge >= 0.3 is 0 Å². The number of thiazole rings is 1. The lowest BCUT2D eigenvalue weighted by atomic mass is 10.2. The normalized spacial score (nSPS) is 12.4. The van der Waals surface area contributed by atoms with Crippen LogP contribution < -0.4 is 5.32 Å². The lowest BCUT2D eigenvalue weighted by molar-refractivity contribution is 0.792. The number of rotatable bonds is 4. The van der Waals surface area contributed by atoms with Crippen molar-refractivity contribution in [2.75, 3.05) is 11.9 Å². The molecule has 0 spiro atoms. The number of hydrogen-bond donors (Lipinski definition) is 1. The molecule has 2 rings (SSSR count). The van der Waals surface area contributed by atoms with Crippen LogP contribution >= 0.6 is 22.9 Å². The molecule has 0 aromatic carbocycles. The fraction of sp³-hybridized carbons (Fsp3) is 0.273. The molecule has 0 bridgehead atoms. The van der Waals surface area contributed by atoms with Crippen molar-refractivity contribution in [3.63, 3.8) is 0 Å². The second-order valence-corrected chi connectivity index (χ2v) is 4.82. The molecule has 0 aliphatic carbocycles. The van der Waals surface area contributed by atoms with E-state index in [-0.39, 0.29) is 0 Å².